The molecule has 3 heteroatoms. The van der Waals surface area contributed by atoms with Crippen molar-refractivity contribution in [3.63, 3.8) is 0 Å². The molecule has 0 saturated heterocycles. The average molecular weight is 420 g/mol. The Morgan fingerprint density at radius 1 is 0.516 bits per heavy atom. The van der Waals surface area contributed by atoms with Crippen molar-refractivity contribution >= 4 is 51.5 Å². The molecular formula is C28H28NaO2. The molecule has 31 heavy (non-hydrogen) atoms. The van der Waals surface area contributed by atoms with E-state index in [1.54, 1.807) is 24.3 Å². The molecule has 0 saturated carbocycles. The van der Waals surface area contributed by atoms with Crippen LogP contribution in [0.2, 0.25) is 0 Å². The summed E-state index contributed by atoms with van der Waals surface area (Å²) in [5, 5.41) is 21.4. The van der Waals surface area contributed by atoms with Gasteiger partial charge in [-0.25, -0.2) is 0 Å². The van der Waals surface area contributed by atoms with Gasteiger partial charge >= 0.3 is 0 Å². The van der Waals surface area contributed by atoms with Crippen molar-refractivity contribution in [2.45, 2.75) is 26.7 Å². The molecule has 0 amide bonds. The van der Waals surface area contributed by atoms with Gasteiger partial charge in [-0.05, 0) is 70.2 Å². The van der Waals surface area contributed by atoms with Gasteiger partial charge in [0, 0.05) is 29.6 Å². The van der Waals surface area contributed by atoms with Crippen molar-refractivity contribution in [1.82, 2.24) is 0 Å². The number of rotatable bonds is 4. The van der Waals surface area contributed by atoms with Gasteiger partial charge in [0.1, 0.15) is 11.5 Å². The van der Waals surface area contributed by atoms with Crippen LogP contribution in [0.25, 0.3) is 21.9 Å². The summed E-state index contributed by atoms with van der Waals surface area (Å²) in [6.07, 6.45) is 1.85. The second-order valence-corrected chi connectivity index (χ2v) is 7.11. The Morgan fingerprint density at radius 2 is 0.806 bits per heavy atom. The predicted molar refractivity (Wildman–Crippen MR) is 133 cm³/mol. The van der Waals surface area contributed by atoms with Gasteiger partial charge in [0.05, 0.1) is 0 Å². The first-order valence-corrected chi connectivity index (χ1v) is 10.4. The van der Waals surface area contributed by atoms with Crippen molar-refractivity contribution < 1.29 is 10.2 Å². The molecule has 4 aromatic rings. The van der Waals surface area contributed by atoms with E-state index in [1.807, 2.05) is 24.3 Å². The standard InChI is InChI=1S/C18H20O2.C10H8.Na/c1-3-17(13-5-9-15(19)10-6-13)18(4-2)14-7-11-16(20)12-8-14;1-2-6-10-8-4-3-7-9(10)5-1;/h5-12,19-20H,3-4H2,1-2H3;1-8H;/b18-17+;;. The van der Waals surface area contributed by atoms with Crippen molar-refractivity contribution in [3.8, 4) is 11.5 Å². The van der Waals surface area contributed by atoms with E-state index in [-0.39, 0.29) is 41.1 Å². The summed E-state index contributed by atoms with van der Waals surface area (Å²) in [5.41, 5.74) is 4.82. The van der Waals surface area contributed by atoms with Crippen LogP contribution in [0.3, 0.4) is 0 Å². The third-order valence-electron chi connectivity index (χ3n) is 5.16. The SMILES string of the molecule is CC/C(=C(/CC)c1ccc(O)cc1)c1ccc(O)cc1.[Na].c1ccc2ccccc2c1. The fourth-order valence-electron chi connectivity index (χ4n) is 3.64. The Bertz CT molecular complexity index is 993. The fourth-order valence-corrected chi connectivity index (χ4v) is 3.64. The monoisotopic (exact) mass is 419 g/mol. The Labute approximate surface area is 207 Å². The van der Waals surface area contributed by atoms with Crippen molar-refractivity contribution in [2.75, 3.05) is 0 Å². The maximum atomic E-state index is 9.41. The van der Waals surface area contributed by atoms with Gasteiger partial charge in [0.15, 0.2) is 0 Å². The number of phenolic OH excluding ortho intramolecular Hbond substituents is 2. The van der Waals surface area contributed by atoms with E-state index in [9.17, 15) is 10.2 Å². The number of allylic oxidation sites excluding steroid dienone is 2. The zero-order valence-corrected chi connectivity index (χ0v) is 20.5. The Morgan fingerprint density at radius 3 is 1.06 bits per heavy atom. The normalized spacial score (nSPS) is 11.0. The van der Waals surface area contributed by atoms with Gasteiger partial charge in [-0.3, -0.25) is 0 Å². The molecule has 0 aliphatic rings. The molecule has 0 aliphatic heterocycles. The maximum Gasteiger partial charge on any atom is 0.115 e. The first-order chi connectivity index (χ1) is 14.6. The van der Waals surface area contributed by atoms with Gasteiger partial charge in [-0.15, -0.1) is 0 Å². The molecule has 0 bridgehead atoms. The van der Waals surface area contributed by atoms with Gasteiger partial charge in [-0.1, -0.05) is 86.6 Å². The van der Waals surface area contributed by atoms with Crippen molar-refractivity contribution in [3.05, 3.63) is 108 Å². The Kier molecular flexibility index (Phi) is 9.87. The molecule has 0 aromatic heterocycles. The topological polar surface area (TPSA) is 40.5 Å². The van der Waals surface area contributed by atoms with Crippen LogP contribution in [0.1, 0.15) is 37.8 Å². The molecule has 1 radical (unpaired) electrons. The smallest absolute Gasteiger partial charge is 0.115 e. The summed E-state index contributed by atoms with van der Waals surface area (Å²) >= 11 is 0. The van der Waals surface area contributed by atoms with Crippen LogP contribution in [0.4, 0.5) is 0 Å². The Balaban J connectivity index is 0.000000260. The summed E-state index contributed by atoms with van der Waals surface area (Å²) in [6, 6.07) is 31.4. The molecule has 2 N–H and O–H groups in total. The third-order valence-corrected chi connectivity index (χ3v) is 5.16. The molecular weight excluding hydrogens is 391 g/mol. The number of phenols is 2. The molecule has 2 nitrogen and oxygen atoms in total. The van der Waals surface area contributed by atoms with E-state index >= 15 is 0 Å². The number of fused-ring (bicyclic) bond motifs is 1. The minimum absolute atomic E-state index is 0. The zero-order chi connectivity index (χ0) is 21.3. The summed E-state index contributed by atoms with van der Waals surface area (Å²) in [4.78, 5) is 0. The largest absolute Gasteiger partial charge is 0.508 e. The van der Waals surface area contributed by atoms with Crippen LogP contribution >= 0.6 is 0 Å². The molecule has 0 unspecified atom stereocenters. The van der Waals surface area contributed by atoms with E-state index in [1.165, 1.54) is 21.9 Å². The van der Waals surface area contributed by atoms with Crippen LogP contribution in [-0.4, -0.2) is 39.8 Å². The molecule has 153 valence electrons. The molecule has 4 aromatic carbocycles. The van der Waals surface area contributed by atoms with Crippen LogP contribution in [-0.2, 0) is 0 Å². The van der Waals surface area contributed by atoms with E-state index in [4.69, 9.17) is 0 Å². The average Bonchev–Trinajstić information content (AvgIpc) is 2.79. The molecule has 0 aliphatic carbocycles. The zero-order valence-electron chi connectivity index (χ0n) is 18.5. The van der Waals surface area contributed by atoms with Crippen LogP contribution in [0.15, 0.2) is 97.1 Å². The predicted octanol–water partition coefficient (Wildman–Crippen LogP) is 7.29. The minimum atomic E-state index is 0. The molecule has 0 atom stereocenters. The van der Waals surface area contributed by atoms with Crippen molar-refractivity contribution in [2.24, 2.45) is 0 Å². The maximum absolute atomic E-state index is 9.41. The van der Waals surface area contributed by atoms with Crippen LogP contribution < -0.4 is 0 Å². The van der Waals surface area contributed by atoms with E-state index in [2.05, 4.69) is 62.4 Å². The molecule has 0 heterocycles. The van der Waals surface area contributed by atoms with Crippen LogP contribution in [0.5, 0.6) is 11.5 Å². The van der Waals surface area contributed by atoms with E-state index < -0.39 is 0 Å². The number of aromatic hydroxyl groups is 2. The van der Waals surface area contributed by atoms with Gasteiger partial charge < -0.3 is 10.2 Å². The second-order valence-electron chi connectivity index (χ2n) is 7.11. The van der Waals surface area contributed by atoms with Gasteiger partial charge in [-0.2, -0.15) is 0 Å². The van der Waals surface area contributed by atoms with Crippen molar-refractivity contribution in [1.29, 1.82) is 0 Å². The minimum Gasteiger partial charge on any atom is -0.508 e. The summed E-state index contributed by atoms with van der Waals surface area (Å²) in [6.45, 7) is 4.27. The summed E-state index contributed by atoms with van der Waals surface area (Å²) < 4.78 is 0. The van der Waals surface area contributed by atoms with Crippen LogP contribution in [0, 0.1) is 0 Å². The first-order valence-electron chi connectivity index (χ1n) is 10.4. The van der Waals surface area contributed by atoms with Gasteiger partial charge in [0.2, 0.25) is 0 Å². The molecule has 0 spiro atoms. The number of benzene rings is 4. The fraction of sp³-hybridized carbons (Fsp3) is 0.143. The van der Waals surface area contributed by atoms with E-state index in [0.29, 0.717) is 0 Å². The second kappa shape index (κ2) is 12.4. The third kappa shape index (κ3) is 6.73. The number of hydrogen-bond acceptors (Lipinski definition) is 2. The molecule has 0 fully saturated rings. The summed E-state index contributed by atoms with van der Waals surface area (Å²) in [7, 11) is 0. The Hall–Kier alpha value is -2.52. The quantitative estimate of drug-likeness (QED) is 0.269. The summed E-state index contributed by atoms with van der Waals surface area (Å²) in [5.74, 6) is 0.568. The molecule has 4 rings (SSSR count). The number of hydrogen-bond donors (Lipinski definition) is 2. The van der Waals surface area contributed by atoms with Gasteiger partial charge in [0.25, 0.3) is 0 Å². The first kappa shape index (κ1) is 24.7. The van der Waals surface area contributed by atoms with E-state index in [0.717, 1.165) is 24.0 Å².